The van der Waals surface area contributed by atoms with Crippen molar-refractivity contribution in [1.82, 2.24) is 0 Å². The molecule has 1 spiro atoms. The molecule has 0 aromatic heterocycles. The highest BCUT2D eigenvalue weighted by Crippen LogP contribution is 2.76. The summed E-state index contributed by atoms with van der Waals surface area (Å²) in [6, 6.07) is 0. The van der Waals surface area contributed by atoms with E-state index in [9.17, 15) is 14.7 Å². The van der Waals surface area contributed by atoms with Gasteiger partial charge >= 0.3 is 11.9 Å². The van der Waals surface area contributed by atoms with Gasteiger partial charge in [-0.05, 0) is 50.0 Å². The molecule has 4 fully saturated rings. The molecule has 5 nitrogen and oxygen atoms in total. The van der Waals surface area contributed by atoms with Gasteiger partial charge in [0.15, 0.2) is 0 Å². The van der Waals surface area contributed by atoms with Crippen LogP contribution in [0.15, 0.2) is 24.3 Å². The Labute approximate surface area is 147 Å². The largest absolute Gasteiger partial charge is 0.469 e. The van der Waals surface area contributed by atoms with E-state index < -0.39 is 29.0 Å². The predicted molar refractivity (Wildman–Crippen MR) is 88.1 cm³/mol. The molecule has 5 rings (SSSR count). The first kappa shape index (κ1) is 15.6. The van der Waals surface area contributed by atoms with E-state index in [1.807, 2.05) is 6.08 Å². The molecule has 0 amide bonds. The minimum absolute atomic E-state index is 0.0825. The van der Waals surface area contributed by atoms with Crippen molar-refractivity contribution in [2.45, 2.75) is 44.3 Å². The third-order valence-corrected chi connectivity index (χ3v) is 8.21. The van der Waals surface area contributed by atoms with Crippen molar-refractivity contribution in [2.24, 2.45) is 34.5 Å². The van der Waals surface area contributed by atoms with Gasteiger partial charge in [-0.1, -0.05) is 18.2 Å². The summed E-state index contributed by atoms with van der Waals surface area (Å²) in [4.78, 5) is 25.8. The van der Waals surface area contributed by atoms with Crippen molar-refractivity contribution in [2.75, 3.05) is 7.11 Å². The number of methoxy groups -OCH3 is 1. The van der Waals surface area contributed by atoms with Crippen LogP contribution in [-0.2, 0) is 19.1 Å². The molecule has 25 heavy (non-hydrogen) atoms. The topological polar surface area (TPSA) is 72.8 Å². The SMILES string of the molecule is C=C1C[C@@]23C[C@H]1CC[C@@H]2[C@]12C=C[C@@H](O)[C@](C)(C(=O)O1)[C@@H]2[C@H]3C(=O)OC. The van der Waals surface area contributed by atoms with E-state index in [-0.39, 0.29) is 23.2 Å². The second-order valence-corrected chi connectivity index (χ2v) is 8.91. The lowest BCUT2D eigenvalue weighted by molar-refractivity contribution is -0.162. The van der Waals surface area contributed by atoms with Crippen molar-refractivity contribution >= 4 is 11.9 Å². The maximum absolute atomic E-state index is 13.0. The highest BCUT2D eigenvalue weighted by Gasteiger charge is 2.82. The van der Waals surface area contributed by atoms with E-state index >= 15 is 0 Å². The molecule has 1 N–H and O–H groups in total. The van der Waals surface area contributed by atoms with Gasteiger partial charge in [0.25, 0.3) is 0 Å². The first-order valence-electron chi connectivity index (χ1n) is 9.17. The smallest absolute Gasteiger partial charge is 0.316 e. The maximum Gasteiger partial charge on any atom is 0.316 e. The van der Waals surface area contributed by atoms with Gasteiger partial charge in [-0.25, -0.2) is 0 Å². The quantitative estimate of drug-likeness (QED) is 0.582. The summed E-state index contributed by atoms with van der Waals surface area (Å²) in [7, 11) is 1.41. The van der Waals surface area contributed by atoms with E-state index in [0.717, 1.165) is 25.7 Å². The first-order chi connectivity index (χ1) is 11.8. The predicted octanol–water partition coefficient (Wildman–Crippen LogP) is 2.00. The number of aliphatic hydroxyl groups is 1. The minimum Gasteiger partial charge on any atom is -0.469 e. The standard InChI is InChI=1S/C20H24O5/c1-10-8-19-9-11(10)4-5-12(19)20-7-6-13(21)18(2,17(23)25-20)15(20)14(19)16(22)24-3/h6-7,11-15,21H,1,4-5,8-9H2,2-3H3/t11-,12+,13-,14+,15+,18+,19-,20+/m1/s1. The molecule has 0 radical (unpaired) electrons. The van der Waals surface area contributed by atoms with E-state index in [2.05, 4.69) is 6.58 Å². The monoisotopic (exact) mass is 344 g/mol. The lowest BCUT2D eigenvalue weighted by Crippen LogP contribution is -2.50. The minimum atomic E-state index is -1.10. The molecular formula is C20H24O5. The van der Waals surface area contributed by atoms with Crippen molar-refractivity contribution in [3.63, 3.8) is 0 Å². The van der Waals surface area contributed by atoms with E-state index in [4.69, 9.17) is 9.47 Å². The first-order valence-corrected chi connectivity index (χ1v) is 9.17. The van der Waals surface area contributed by atoms with Gasteiger partial charge in [-0.3, -0.25) is 9.59 Å². The molecule has 1 aliphatic heterocycles. The van der Waals surface area contributed by atoms with Gasteiger partial charge in [0.05, 0.1) is 19.1 Å². The number of allylic oxidation sites excluding steroid dienone is 1. The normalized spacial score (nSPS) is 54.9. The van der Waals surface area contributed by atoms with Crippen LogP contribution in [-0.4, -0.2) is 35.9 Å². The second kappa shape index (κ2) is 4.37. The number of esters is 2. The van der Waals surface area contributed by atoms with Crippen LogP contribution in [0.4, 0.5) is 0 Å². The third-order valence-electron chi connectivity index (χ3n) is 8.21. The van der Waals surface area contributed by atoms with Crippen LogP contribution in [0.1, 0.15) is 32.6 Å². The highest BCUT2D eigenvalue weighted by atomic mass is 16.6. The fraction of sp³-hybridized carbons (Fsp3) is 0.700. The molecule has 5 aliphatic rings. The molecule has 3 saturated carbocycles. The van der Waals surface area contributed by atoms with Crippen LogP contribution in [0, 0.1) is 34.5 Å². The fourth-order valence-electron chi connectivity index (χ4n) is 7.25. The van der Waals surface area contributed by atoms with Crippen LogP contribution < -0.4 is 0 Å². The zero-order chi connectivity index (χ0) is 17.8. The summed E-state index contributed by atoms with van der Waals surface area (Å²) in [5, 5.41) is 10.6. The number of hydrogen-bond donors (Lipinski definition) is 1. The highest BCUT2D eigenvalue weighted by molar-refractivity contribution is 5.86. The van der Waals surface area contributed by atoms with Crippen molar-refractivity contribution in [3.05, 3.63) is 24.3 Å². The van der Waals surface area contributed by atoms with Crippen molar-refractivity contribution in [3.8, 4) is 0 Å². The summed E-state index contributed by atoms with van der Waals surface area (Å²) in [6.07, 6.45) is 6.28. The molecule has 8 atom stereocenters. The zero-order valence-corrected chi connectivity index (χ0v) is 14.7. The Balaban J connectivity index is 1.77. The zero-order valence-electron chi connectivity index (χ0n) is 14.7. The summed E-state index contributed by atoms with van der Waals surface area (Å²) >= 11 is 0. The molecule has 1 saturated heterocycles. The van der Waals surface area contributed by atoms with E-state index in [0.29, 0.717) is 5.92 Å². The van der Waals surface area contributed by atoms with Crippen molar-refractivity contribution < 1.29 is 24.2 Å². The van der Waals surface area contributed by atoms with Crippen molar-refractivity contribution in [1.29, 1.82) is 0 Å². The number of carbonyl (C=O) groups excluding carboxylic acids is 2. The summed E-state index contributed by atoms with van der Waals surface area (Å²) in [5.74, 6) is -0.970. The number of rotatable bonds is 1. The molecule has 4 bridgehead atoms. The molecule has 0 aromatic rings. The van der Waals surface area contributed by atoms with Crippen LogP contribution in [0.3, 0.4) is 0 Å². The summed E-state index contributed by atoms with van der Waals surface area (Å²) in [5.41, 5.74) is -0.949. The van der Waals surface area contributed by atoms with Crippen LogP contribution in [0.5, 0.6) is 0 Å². The molecular weight excluding hydrogens is 320 g/mol. The Morgan fingerprint density at radius 1 is 1.44 bits per heavy atom. The van der Waals surface area contributed by atoms with Gasteiger partial charge in [0.1, 0.15) is 11.0 Å². The van der Waals surface area contributed by atoms with Gasteiger partial charge in [-0.15, -0.1) is 0 Å². The Morgan fingerprint density at radius 3 is 2.92 bits per heavy atom. The number of hydrogen-bond acceptors (Lipinski definition) is 5. The third kappa shape index (κ3) is 1.44. The average Bonchev–Trinajstić information content (AvgIpc) is 3.05. The molecule has 134 valence electrons. The van der Waals surface area contributed by atoms with E-state index in [1.165, 1.54) is 12.7 Å². The Hall–Kier alpha value is -1.62. The Kier molecular flexibility index (Phi) is 2.73. The molecule has 4 aliphatic carbocycles. The summed E-state index contributed by atoms with van der Waals surface area (Å²) in [6.45, 7) is 6.02. The lowest BCUT2D eigenvalue weighted by Gasteiger charge is -2.42. The van der Waals surface area contributed by atoms with Crippen LogP contribution >= 0.6 is 0 Å². The molecule has 0 unspecified atom stereocenters. The van der Waals surface area contributed by atoms with Crippen LogP contribution in [0.25, 0.3) is 0 Å². The Bertz CT molecular complexity index is 740. The Morgan fingerprint density at radius 2 is 2.20 bits per heavy atom. The number of carbonyl (C=O) groups is 2. The number of aliphatic hydroxyl groups excluding tert-OH is 1. The van der Waals surface area contributed by atoms with Crippen LogP contribution in [0.2, 0.25) is 0 Å². The van der Waals surface area contributed by atoms with Gasteiger partial charge < -0.3 is 14.6 Å². The molecule has 0 aromatic carbocycles. The average molecular weight is 344 g/mol. The van der Waals surface area contributed by atoms with Gasteiger partial charge in [0, 0.05) is 11.8 Å². The van der Waals surface area contributed by atoms with E-state index in [1.54, 1.807) is 13.0 Å². The number of fused-ring (bicyclic) bond motifs is 1. The number of ether oxygens (including phenoxy) is 2. The maximum atomic E-state index is 13.0. The molecule has 5 heteroatoms. The fourth-order valence-corrected chi connectivity index (χ4v) is 7.25. The lowest BCUT2D eigenvalue weighted by atomic mass is 9.61. The van der Waals surface area contributed by atoms with Gasteiger partial charge in [0.2, 0.25) is 0 Å². The van der Waals surface area contributed by atoms with Gasteiger partial charge in [-0.2, -0.15) is 0 Å². The second-order valence-electron chi connectivity index (χ2n) is 8.91. The summed E-state index contributed by atoms with van der Waals surface area (Å²) < 4.78 is 11.2. The molecule has 1 heterocycles.